The fraction of sp³-hybridized carbons (Fsp3) is 1.00. The maximum absolute atomic E-state index is 9.57. The average molecular weight is 510 g/mol. The largest absolute Gasteiger partial charge is 0.395 e. The average Bonchev–Trinajstić information content (AvgIpc) is 3.42. The molecule has 0 bridgehead atoms. The number of hydrogen-bond acceptors (Lipinski definition) is 13. The fourth-order valence-corrected chi connectivity index (χ4v) is 5.72. The molecule has 0 radical (unpaired) electrons. The van der Waals surface area contributed by atoms with Crippen molar-refractivity contribution in [2.75, 3.05) is 39.3 Å². The first kappa shape index (κ1) is 29.0. The molecule has 5 rings (SSSR count). The molecule has 13 heteroatoms. The van der Waals surface area contributed by atoms with Crippen LogP contribution in [0.2, 0.25) is 0 Å². The first-order valence-electron chi connectivity index (χ1n) is 12.5. The van der Waals surface area contributed by atoms with E-state index in [-0.39, 0.29) is 25.2 Å². The van der Waals surface area contributed by atoms with Crippen molar-refractivity contribution in [1.29, 1.82) is 0 Å². The van der Waals surface area contributed by atoms with E-state index in [4.69, 9.17) is 15.3 Å². The van der Waals surface area contributed by atoms with Crippen LogP contribution in [0.4, 0.5) is 0 Å². The minimum absolute atomic E-state index is 0.0726. The van der Waals surface area contributed by atoms with Gasteiger partial charge in [0.25, 0.3) is 0 Å². The fourth-order valence-electron chi connectivity index (χ4n) is 5.72. The van der Waals surface area contributed by atoms with Gasteiger partial charge in [-0.2, -0.15) is 0 Å². The lowest BCUT2D eigenvalue weighted by Crippen LogP contribution is -2.60. The molecule has 5 aliphatic heterocycles. The van der Waals surface area contributed by atoms with Gasteiger partial charge < -0.3 is 56.4 Å². The van der Waals surface area contributed by atoms with E-state index in [2.05, 4.69) is 10.2 Å². The third-order valence-corrected chi connectivity index (χ3v) is 7.84. The van der Waals surface area contributed by atoms with E-state index >= 15 is 0 Å². The minimum Gasteiger partial charge on any atom is -0.395 e. The molecule has 206 valence electrons. The summed E-state index contributed by atoms with van der Waals surface area (Å²) in [4.78, 5) is 4.03. The molecular formula is C22H43N3O10. The van der Waals surface area contributed by atoms with Crippen LogP contribution in [0.5, 0.6) is 0 Å². The lowest BCUT2D eigenvalue weighted by molar-refractivity contribution is -0.127. The molecule has 5 fully saturated rings. The quantitative estimate of drug-likeness (QED) is 0.159. The number of β-amino-alcohol motifs (C(OH)–C–C–N with tert-alkyl or cyclic N) is 1. The van der Waals surface area contributed by atoms with Gasteiger partial charge >= 0.3 is 0 Å². The highest BCUT2D eigenvalue weighted by Gasteiger charge is 2.45. The van der Waals surface area contributed by atoms with Crippen LogP contribution in [0.3, 0.4) is 0 Å². The number of nitrogens with zero attached hydrogens (tertiary/aromatic N) is 2. The molecule has 35 heavy (non-hydrogen) atoms. The van der Waals surface area contributed by atoms with Crippen molar-refractivity contribution < 1.29 is 51.1 Å². The number of aliphatic hydroxyl groups excluding tert-OH is 10. The van der Waals surface area contributed by atoms with E-state index in [0.29, 0.717) is 13.1 Å². The maximum Gasteiger partial charge on any atom is 0.109 e. The van der Waals surface area contributed by atoms with Gasteiger partial charge in [0.05, 0.1) is 61.4 Å². The summed E-state index contributed by atoms with van der Waals surface area (Å²) in [6.07, 6.45) is -3.93. The Morgan fingerprint density at radius 3 is 1.83 bits per heavy atom. The second-order valence-corrected chi connectivity index (χ2v) is 10.3. The first-order chi connectivity index (χ1) is 16.6. The van der Waals surface area contributed by atoms with Crippen molar-refractivity contribution in [2.24, 2.45) is 0 Å². The molecule has 5 saturated heterocycles. The van der Waals surface area contributed by atoms with Gasteiger partial charge in [0.1, 0.15) is 12.2 Å². The van der Waals surface area contributed by atoms with E-state index in [1.54, 1.807) is 0 Å². The SMILES string of the molecule is OCC1NCC(O)C(O)[C@@H]1O.O[C@H]1[C@H](O)[C@@H](O)CN2CCC[C@H]12.O[C@H]1[C@H]2[C@H](O)CCCN2C[C@H]1O. The van der Waals surface area contributed by atoms with E-state index in [1.165, 1.54) is 0 Å². The van der Waals surface area contributed by atoms with Crippen LogP contribution in [-0.2, 0) is 0 Å². The number of fused-ring (bicyclic) bond motifs is 2. The van der Waals surface area contributed by atoms with E-state index in [1.807, 2.05) is 4.90 Å². The Morgan fingerprint density at radius 2 is 1.17 bits per heavy atom. The lowest BCUT2D eigenvalue weighted by Gasteiger charge is -2.39. The standard InChI is InChI=1S/2C8H15NO3.C6H13NO4/c10-5-2-1-3-9-4-6(11)8(12)7(5)9;10-6-4-9-3-1-2-5(9)7(11)8(6)12;8-2-3-5(10)6(11)4(9)1-7-3/h2*5-8,10-12H,1-4H2;3-11H,1-2H2/t5-,6-,7-,8-;5-,6+,7-,8-;3?,4?,5-,6?/m111/s1. The predicted octanol–water partition coefficient (Wildman–Crippen LogP) is -5.87. The van der Waals surface area contributed by atoms with E-state index in [9.17, 15) is 35.7 Å². The van der Waals surface area contributed by atoms with E-state index in [0.717, 1.165) is 38.8 Å². The molecule has 0 amide bonds. The Kier molecular flexibility index (Phi) is 10.6. The highest BCUT2D eigenvalue weighted by molar-refractivity contribution is 4.99. The van der Waals surface area contributed by atoms with Crippen molar-refractivity contribution in [3.8, 4) is 0 Å². The zero-order valence-electron chi connectivity index (χ0n) is 19.9. The van der Waals surface area contributed by atoms with E-state index < -0.39 is 61.0 Å². The monoisotopic (exact) mass is 509 g/mol. The molecule has 5 aliphatic rings. The van der Waals surface area contributed by atoms with Crippen LogP contribution in [0.1, 0.15) is 25.7 Å². The second-order valence-electron chi connectivity index (χ2n) is 10.3. The van der Waals surface area contributed by atoms with Crippen molar-refractivity contribution in [1.82, 2.24) is 15.1 Å². The molecule has 13 nitrogen and oxygen atoms in total. The molecule has 0 aromatic rings. The Balaban J connectivity index is 0.000000147. The summed E-state index contributed by atoms with van der Waals surface area (Å²) in [7, 11) is 0. The summed E-state index contributed by atoms with van der Waals surface area (Å²) in [6, 6.07) is -0.689. The summed E-state index contributed by atoms with van der Waals surface area (Å²) < 4.78 is 0. The zero-order chi connectivity index (χ0) is 25.9. The minimum atomic E-state index is -1.16. The smallest absolute Gasteiger partial charge is 0.109 e. The Morgan fingerprint density at radius 1 is 0.600 bits per heavy atom. The number of piperidine rings is 3. The van der Waals surface area contributed by atoms with Crippen molar-refractivity contribution in [2.45, 2.75) is 98.7 Å². The maximum atomic E-state index is 9.57. The van der Waals surface area contributed by atoms with Gasteiger partial charge in [-0.25, -0.2) is 0 Å². The lowest BCUT2D eigenvalue weighted by atomic mass is 9.94. The number of rotatable bonds is 1. The third kappa shape index (κ3) is 6.68. The Bertz CT molecular complexity index is 649. The molecule has 12 atom stereocenters. The Hall–Kier alpha value is -0.520. The summed E-state index contributed by atoms with van der Waals surface area (Å²) >= 11 is 0. The molecule has 5 heterocycles. The first-order valence-corrected chi connectivity index (χ1v) is 12.5. The van der Waals surface area contributed by atoms with Gasteiger partial charge in [0.2, 0.25) is 0 Å². The Labute approximate surface area is 204 Å². The third-order valence-electron chi connectivity index (χ3n) is 7.84. The summed E-state index contributed by atoms with van der Waals surface area (Å²) in [6.45, 7) is 2.78. The molecule has 11 N–H and O–H groups in total. The van der Waals surface area contributed by atoms with Crippen LogP contribution in [-0.4, -0.2) is 173 Å². The summed E-state index contributed by atoms with van der Waals surface area (Å²) in [5.74, 6) is 0. The van der Waals surface area contributed by atoms with Gasteiger partial charge in [-0.05, 0) is 38.8 Å². The normalized spacial score (nSPS) is 48.2. The highest BCUT2D eigenvalue weighted by atomic mass is 16.4. The van der Waals surface area contributed by atoms with Crippen molar-refractivity contribution >= 4 is 0 Å². The second kappa shape index (κ2) is 12.8. The molecule has 0 aromatic carbocycles. The van der Waals surface area contributed by atoms with Gasteiger partial charge in [0, 0.05) is 25.7 Å². The van der Waals surface area contributed by atoms with Gasteiger partial charge in [-0.3, -0.25) is 9.80 Å². The van der Waals surface area contributed by atoms with Crippen LogP contribution in [0.25, 0.3) is 0 Å². The highest BCUT2D eigenvalue weighted by Crippen LogP contribution is 2.28. The molecule has 0 aliphatic carbocycles. The molecule has 0 saturated carbocycles. The number of aliphatic hydroxyl groups is 10. The molecule has 0 spiro atoms. The van der Waals surface area contributed by atoms with Crippen LogP contribution < -0.4 is 5.32 Å². The van der Waals surface area contributed by atoms with Gasteiger partial charge in [-0.1, -0.05) is 0 Å². The summed E-state index contributed by atoms with van der Waals surface area (Å²) in [5, 5.41) is 95.3. The topological polar surface area (TPSA) is 221 Å². The van der Waals surface area contributed by atoms with Gasteiger partial charge in [0.15, 0.2) is 0 Å². The molecule has 3 unspecified atom stereocenters. The van der Waals surface area contributed by atoms with Crippen LogP contribution in [0.15, 0.2) is 0 Å². The van der Waals surface area contributed by atoms with Crippen molar-refractivity contribution in [3.63, 3.8) is 0 Å². The molecular weight excluding hydrogens is 466 g/mol. The number of hydrogen-bond donors (Lipinski definition) is 11. The van der Waals surface area contributed by atoms with Crippen molar-refractivity contribution in [3.05, 3.63) is 0 Å². The summed E-state index contributed by atoms with van der Waals surface area (Å²) in [5.41, 5.74) is 0. The van der Waals surface area contributed by atoms with Crippen LogP contribution >= 0.6 is 0 Å². The zero-order valence-corrected chi connectivity index (χ0v) is 19.9. The predicted molar refractivity (Wildman–Crippen MR) is 122 cm³/mol. The number of nitrogens with one attached hydrogen (secondary N) is 1. The van der Waals surface area contributed by atoms with Crippen LogP contribution in [0, 0.1) is 0 Å². The van der Waals surface area contributed by atoms with Gasteiger partial charge in [-0.15, -0.1) is 0 Å². The molecule has 0 aromatic heterocycles.